The van der Waals surface area contributed by atoms with Gasteiger partial charge in [-0.25, -0.2) is 52.0 Å². The fourth-order valence-electron chi connectivity index (χ4n) is 5.06. The van der Waals surface area contributed by atoms with Crippen molar-refractivity contribution >= 4 is 87.1 Å². The number of aliphatic imine (C=N–C) groups is 4. The minimum Gasteiger partial charge on any atom is -0.742 e. The summed E-state index contributed by atoms with van der Waals surface area (Å²) in [6, 6.07) is 7.09. The average Bonchev–Trinajstić information content (AvgIpc) is 3.08. The number of rotatable bonds is 10. The molecule has 0 bridgehead atoms. The van der Waals surface area contributed by atoms with Crippen LogP contribution in [0.25, 0.3) is 5.70 Å². The van der Waals surface area contributed by atoms with Gasteiger partial charge in [-0.1, -0.05) is 48.6 Å². The van der Waals surface area contributed by atoms with Gasteiger partial charge in [-0.15, -0.1) is 0 Å². The van der Waals surface area contributed by atoms with Gasteiger partial charge in [0.1, 0.15) is 0 Å². The van der Waals surface area contributed by atoms with Crippen LogP contribution in [-0.2, 0) is 69.1 Å². The average molecular weight is 999 g/mol. The monoisotopic (exact) mass is 998 g/mol. The molecule has 2 aliphatic heterocycles. The van der Waals surface area contributed by atoms with E-state index >= 15 is 0 Å². The van der Waals surface area contributed by atoms with Crippen molar-refractivity contribution in [3.05, 3.63) is 65.4 Å². The van der Waals surface area contributed by atoms with Crippen LogP contribution in [0.2, 0.25) is 0 Å². The SMILES string of the molecule is CCN1C(S(=O)(=O)[O-])=NC(S(=O)(=O)[O-])=NC1OS(=O)(=O)C1(S(=O)(=O)OC2N=C(S(=O)(=O)[O-])N=C(S(=O)(=O)[O-])N2CC)CC=CC=C1C(N)=C(N)c1ccccc1.[Na+].[Na+].[Na+].[Na+]. The number of benzene rings is 1. The molecule has 1 aliphatic carbocycles. The Hall–Kier alpha value is -0.220. The van der Waals surface area contributed by atoms with E-state index in [1.54, 1.807) is 0 Å². The van der Waals surface area contributed by atoms with Crippen molar-refractivity contribution in [2.75, 3.05) is 13.1 Å². The first-order valence-electron chi connectivity index (χ1n) is 14.8. The van der Waals surface area contributed by atoms with Gasteiger partial charge in [-0.3, -0.25) is 0 Å². The third-order valence-corrected chi connectivity index (χ3v) is 14.8. The van der Waals surface area contributed by atoms with Crippen LogP contribution < -0.4 is 130 Å². The third-order valence-electron chi connectivity index (χ3n) is 7.52. The number of amidine groups is 4. The van der Waals surface area contributed by atoms with Crippen molar-refractivity contribution in [2.45, 2.75) is 37.1 Å². The molecule has 0 spiro atoms. The molecule has 1 aromatic carbocycles. The first-order valence-corrected chi connectivity index (χ1v) is 23.2. The Morgan fingerprint density at radius 1 is 0.667 bits per heavy atom. The van der Waals surface area contributed by atoms with Crippen molar-refractivity contribution in [1.29, 1.82) is 0 Å². The summed E-state index contributed by atoms with van der Waals surface area (Å²) in [5, 5.41) is -7.61. The maximum atomic E-state index is 14.7. The van der Waals surface area contributed by atoms with E-state index in [1.807, 2.05) is 0 Å². The van der Waals surface area contributed by atoms with E-state index in [-0.39, 0.29) is 134 Å². The Labute approximate surface area is 433 Å². The third kappa shape index (κ3) is 12.6. The van der Waals surface area contributed by atoms with E-state index in [9.17, 15) is 68.7 Å². The van der Waals surface area contributed by atoms with Crippen LogP contribution in [0, 0.1) is 0 Å². The largest absolute Gasteiger partial charge is 1.00 e. The zero-order valence-corrected chi connectivity index (χ0v) is 44.9. The molecule has 60 heavy (non-hydrogen) atoms. The fraction of sp³-hybridized carbons (Fsp3) is 0.333. The molecule has 0 fully saturated rings. The first-order chi connectivity index (χ1) is 25.5. The molecule has 4 rings (SSSR count). The van der Waals surface area contributed by atoms with E-state index in [2.05, 4.69) is 20.0 Å². The first kappa shape index (κ1) is 59.8. The summed E-state index contributed by atoms with van der Waals surface area (Å²) in [6.45, 7) is 0.455. The van der Waals surface area contributed by atoms with E-state index in [1.165, 1.54) is 30.3 Å². The van der Waals surface area contributed by atoms with Gasteiger partial charge in [0.25, 0.3) is 24.3 Å². The van der Waals surface area contributed by atoms with E-state index in [0.717, 1.165) is 32.1 Å². The topological polar surface area (TPSA) is 423 Å². The van der Waals surface area contributed by atoms with Crippen LogP contribution in [-0.4, -0.2) is 129 Å². The van der Waals surface area contributed by atoms with Gasteiger partial charge in [-0.05, 0) is 19.4 Å². The zero-order valence-electron chi connectivity index (χ0n) is 32.0. The summed E-state index contributed by atoms with van der Waals surface area (Å²) in [5.74, 6) is 0. The van der Waals surface area contributed by atoms with Crippen molar-refractivity contribution in [2.24, 2.45) is 31.4 Å². The zero-order chi connectivity index (χ0) is 42.4. The van der Waals surface area contributed by atoms with Crippen LogP contribution in [0.5, 0.6) is 0 Å². The molecule has 2 unspecified atom stereocenters. The van der Waals surface area contributed by atoms with Crippen molar-refractivity contribution in [3.8, 4) is 0 Å². The van der Waals surface area contributed by atoms with Gasteiger partial charge in [0.15, 0.2) is 40.5 Å². The minimum atomic E-state index is -6.31. The quantitative estimate of drug-likeness (QED) is 0.125. The molecule has 3 aliphatic rings. The fourth-order valence-corrected chi connectivity index (χ4v) is 11.2. The predicted molar refractivity (Wildman–Crippen MR) is 187 cm³/mol. The Morgan fingerprint density at radius 2 is 1.05 bits per heavy atom. The second-order valence-electron chi connectivity index (χ2n) is 10.9. The summed E-state index contributed by atoms with van der Waals surface area (Å²) in [4.78, 5) is 12.4. The molecule has 1 aromatic rings. The van der Waals surface area contributed by atoms with Gasteiger partial charge in [0.05, 0.1) is 11.4 Å². The van der Waals surface area contributed by atoms with Gasteiger partial charge in [0, 0.05) is 25.1 Å². The predicted octanol–water partition coefficient (Wildman–Crippen LogP) is -15.6. The molecule has 4 N–H and O–H groups in total. The summed E-state index contributed by atoms with van der Waals surface area (Å²) >= 11 is 0. The number of nitrogens with two attached hydrogens (primary N) is 2. The smallest absolute Gasteiger partial charge is 0.742 e. The molecule has 0 saturated carbocycles. The van der Waals surface area contributed by atoms with Crippen molar-refractivity contribution < 1.29 is 195 Å². The number of hydrogen-bond acceptors (Lipinski definition) is 26. The Balaban J connectivity index is 0.00000870. The van der Waals surface area contributed by atoms with Gasteiger partial charge in [-0.2, -0.15) is 26.8 Å². The standard InChI is InChI=1S/C24H30N8O18S6.4Na/c1-3-31-20(27-18(51(33,34)35)29-22(31)53(39,40)41)49-55(45,46)24(13-9-8-12-15(24)17(26)16(25)14-10-6-5-7-11-14)56(47,48)50-21-28-19(52(36,37)38)30-23(32(21)4-2)54(42,43)44;;;;/h5-12,20-21H,3-4,13,25-26H2,1-2H3,(H,33,34,35)(H,36,37,38)(H,39,40,41)(H,42,43,44);;;;/q;4*+1/p-4. The number of nitrogens with zero attached hydrogens (tertiary/aromatic N) is 6. The van der Waals surface area contributed by atoms with Gasteiger partial charge >= 0.3 is 118 Å². The maximum Gasteiger partial charge on any atom is 1.00 e. The molecular weight excluding hydrogens is 973 g/mol. The van der Waals surface area contributed by atoms with Crippen LogP contribution >= 0.6 is 0 Å². The van der Waals surface area contributed by atoms with Gasteiger partial charge < -0.3 is 39.5 Å². The summed E-state index contributed by atoms with van der Waals surface area (Å²) < 4.78 is 209. The molecule has 310 valence electrons. The van der Waals surface area contributed by atoms with Gasteiger partial charge in [0.2, 0.25) is 33.4 Å². The second kappa shape index (κ2) is 21.8. The van der Waals surface area contributed by atoms with Crippen molar-refractivity contribution in [3.63, 3.8) is 0 Å². The Bertz CT molecular complexity index is 2590. The maximum absolute atomic E-state index is 14.7. The molecule has 0 aromatic heterocycles. The van der Waals surface area contributed by atoms with Crippen LogP contribution in [0.1, 0.15) is 25.8 Å². The van der Waals surface area contributed by atoms with Crippen LogP contribution in [0.4, 0.5) is 0 Å². The Kier molecular flexibility index (Phi) is 21.8. The summed E-state index contributed by atoms with van der Waals surface area (Å²) in [5.41, 5.74) is 10.1. The van der Waals surface area contributed by atoms with Crippen LogP contribution in [0.15, 0.2) is 79.8 Å². The summed E-state index contributed by atoms with van der Waals surface area (Å²) in [6.07, 6.45) is -4.56. The molecule has 36 heteroatoms. The molecule has 0 amide bonds. The molecule has 2 atom stereocenters. The van der Waals surface area contributed by atoms with E-state index in [0.29, 0.717) is 0 Å². The van der Waals surface area contributed by atoms with E-state index < -0.39 is 135 Å². The van der Waals surface area contributed by atoms with Crippen molar-refractivity contribution in [1.82, 2.24) is 9.80 Å². The van der Waals surface area contributed by atoms with E-state index in [4.69, 9.17) is 19.8 Å². The second-order valence-corrected chi connectivity index (χ2v) is 19.9. The molecular formula is C24H26N8Na4O18S6. The molecule has 0 radical (unpaired) electrons. The molecule has 26 nitrogen and oxygen atoms in total. The minimum absolute atomic E-state index is 0. The number of allylic oxidation sites excluding steroid dienone is 4. The normalized spacial score (nSPS) is 21.8. The number of hydrogen-bond donors (Lipinski definition) is 2. The molecule has 2 heterocycles. The molecule has 0 saturated heterocycles. The Morgan fingerprint density at radius 3 is 1.38 bits per heavy atom. The van der Waals surface area contributed by atoms with Crippen LogP contribution in [0.3, 0.4) is 0 Å². The summed E-state index contributed by atoms with van der Waals surface area (Å²) in [7, 11) is -36.2.